The molecule has 2 rings (SSSR count). The summed E-state index contributed by atoms with van der Waals surface area (Å²) in [5.41, 5.74) is 1.59. The summed E-state index contributed by atoms with van der Waals surface area (Å²) >= 11 is 0. The second-order valence-electron chi connectivity index (χ2n) is 6.11. The summed E-state index contributed by atoms with van der Waals surface area (Å²) in [6.45, 7) is 11.8. The molecule has 1 aromatic heterocycles. The van der Waals surface area contributed by atoms with E-state index in [1.165, 1.54) is 0 Å². The van der Waals surface area contributed by atoms with Gasteiger partial charge >= 0.3 is 0 Å². The Morgan fingerprint density at radius 3 is 2.61 bits per heavy atom. The van der Waals surface area contributed by atoms with Gasteiger partial charge in [0.05, 0.1) is 0 Å². The van der Waals surface area contributed by atoms with E-state index in [0.717, 1.165) is 12.2 Å². The molecule has 0 radical (unpaired) electrons. The summed E-state index contributed by atoms with van der Waals surface area (Å²) in [5.74, 6) is 1.24. The molecule has 1 atom stereocenters. The van der Waals surface area contributed by atoms with Crippen molar-refractivity contribution >= 4 is 5.95 Å². The standard InChI is InChI=1S/C14H20N4/c1-9(2)12-14(4,5)8-18(12)13-16-10(3)6-11(7-15)17-13/h6,9,12H,8H2,1-5H3/t12-/m0/s1. The van der Waals surface area contributed by atoms with Crippen molar-refractivity contribution < 1.29 is 0 Å². The normalized spacial score (nSPS) is 21.6. The number of hydrogen-bond donors (Lipinski definition) is 0. The molecule has 0 saturated carbocycles. The third kappa shape index (κ3) is 2.05. The highest BCUT2D eigenvalue weighted by Crippen LogP contribution is 2.42. The highest BCUT2D eigenvalue weighted by molar-refractivity contribution is 5.42. The summed E-state index contributed by atoms with van der Waals surface area (Å²) < 4.78 is 0. The number of nitriles is 1. The second-order valence-corrected chi connectivity index (χ2v) is 6.11. The number of nitrogens with zero attached hydrogens (tertiary/aromatic N) is 4. The van der Waals surface area contributed by atoms with Crippen LogP contribution in [-0.2, 0) is 0 Å². The van der Waals surface area contributed by atoms with Gasteiger partial charge in [-0.15, -0.1) is 0 Å². The summed E-state index contributed by atoms with van der Waals surface area (Å²) in [5, 5.41) is 8.98. The molecule has 0 aliphatic carbocycles. The Balaban J connectivity index is 2.34. The van der Waals surface area contributed by atoms with Crippen LogP contribution in [0, 0.1) is 29.6 Å². The molecule has 0 spiro atoms. The molecule has 1 aromatic rings. The Labute approximate surface area is 109 Å². The maximum absolute atomic E-state index is 8.98. The number of anilines is 1. The molecule has 0 unspecified atom stereocenters. The molecule has 96 valence electrons. The number of aromatic nitrogens is 2. The van der Waals surface area contributed by atoms with Gasteiger partial charge in [-0.2, -0.15) is 5.26 Å². The van der Waals surface area contributed by atoms with Gasteiger partial charge in [-0.1, -0.05) is 27.7 Å². The number of rotatable bonds is 2. The predicted molar refractivity (Wildman–Crippen MR) is 71.2 cm³/mol. The first-order chi connectivity index (χ1) is 8.35. The van der Waals surface area contributed by atoms with Gasteiger partial charge in [-0.3, -0.25) is 0 Å². The Bertz CT molecular complexity index is 499. The molecule has 0 bridgehead atoms. The fourth-order valence-corrected chi connectivity index (χ4v) is 3.14. The van der Waals surface area contributed by atoms with E-state index in [1.54, 1.807) is 6.07 Å². The van der Waals surface area contributed by atoms with Crippen molar-refractivity contribution in [2.75, 3.05) is 11.4 Å². The van der Waals surface area contributed by atoms with Gasteiger partial charge in [0, 0.05) is 23.7 Å². The van der Waals surface area contributed by atoms with Crippen LogP contribution in [0.15, 0.2) is 6.07 Å². The van der Waals surface area contributed by atoms with Crippen LogP contribution < -0.4 is 4.90 Å². The molecule has 0 aromatic carbocycles. The first kappa shape index (κ1) is 12.8. The largest absolute Gasteiger partial charge is 0.336 e. The first-order valence-corrected chi connectivity index (χ1v) is 6.37. The van der Waals surface area contributed by atoms with E-state index in [-0.39, 0.29) is 5.41 Å². The van der Waals surface area contributed by atoms with Crippen LogP contribution in [0.3, 0.4) is 0 Å². The van der Waals surface area contributed by atoms with Crippen molar-refractivity contribution in [3.63, 3.8) is 0 Å². The van der Waals surface area contributed by atoms with E-state index in [9.17, 15) is 0 Å². The molecule has 4 heteroatoms. The van der Waals surface area contributed by atoms with E-state index in [0.29, 0.717) is 23.6 Å². The minimum Gasteiger partial charge on any atom is -0.336 e. The maximum Gasteiger partial charge on any atom is 0.227 e. The Morgan fingerprint density at radius 1 is 1.44 bits per heavy atom. The van der Waals surface area contributed by atoms with Gasteiger partial charge in [0.25, 0.3) is 0 Å². The highest BCUT2D eigenvalue weighted by Gasteiger charge is 2.48. The Kier molecular flexibility index (Phi) is 3.02. The van der Waals surface area contributed by atoms with E-state index >= 15 is 0 Å². The Morgan fingerprint density at radius 2 is 2.11 bits per heavy atom. The van der Waals surface area contributed by atoms with Crippen LogP contribution >= 0.6 is 0 Å². The quantitative estimate of drug-likeness (QED) is 0.802. The maximum atomic E-state index is 8.98. The van der Waals surface area contributed by atoms with Crippen molar-refractivity contribution in [3.05, 3.63) is 17.5 Å². The lowest BCUT2D eigenvalue weighted by atomic mass is 9.70. The molecule has 1 saturated heterocycles. The zero-order valence-corrected chi connectivity index (χ0v) is 11.7. The fourth-order valence-electron chi connectivity index (χ4n) is 3.14. The molecule has 1 fully saturated rings. The van der Waals surface area contributed by atoms with Crippen molar-refractivity contribution in [2.24, 2.45) is 11.3 Å². The molecule has 1 aliphatic rings. The van der Waals surface area contributed by atoms with Gasteiger partial charge in [0.15, 0.2) is 0 Å². The molecule has 4 nitrogen and oxygen atoms in total. The van der Waals surface area contributed by atoms with E-state index < -0.39 is 0 Å². The number of aryl methyl sites for hydroxylation is 1. The molecule has 0 amide bonds. The van der Waals surface area contributed by atoms with Gasteiger partial charge < -0.3 is 4.90 Å². The van der Waals surface area contributed by atoms with Crippen LogP contribution in [-0.4, -0.2) is 22.6 Å². The van der Waals surface area contributed by atoms with E-state index in [4.69, 9.17) is 5.26 Å². The number of hydrogen-bond acceptors (Lipinski definition) is 4. The van der Waals surface area contributed by atoms with Gasteiger partial charge in [0.1, 0.15) is 11.8 Å². The second kappa shape index (κ2) is 4.24. The molecular weight excluding hydrogens is 224 g/mol. The zero-order valence-electron chi connectivity index (χ0n) is 11.7. The lowest BCUT2D eigenvalue weighted by molar-refractivity contribution is 0.133. The van der Waals surface area contributed by atoms with Gasteiger partial charge in [-0.05, 0) is 18.9 Å². The van der Waals surface area contributed by atoms with Crippen molar-refractivity contribution in [1.82, 2.24) is 9.97 Å². The van der Waals surface area contributed by atoms with Crippen LogP contribution in [0.1, 0.15) is 39.1 Å². The topological polar surface area (TPSA) is 52.8 Å². The molecule has 1 aliphatic heterocycles. The van der Waals surface area contributed by atoms with Gasteiger partial charge in [-0.25, -0.2) is 9.97 Å². The van der Waals surface area contributed by atoms with Crippen LogP contribution in [0.2, 0.25) is 0 Å². The smallest absolute Gasteiger partial charge is 0.227 e. The van der Waals surface area contributed by atoms with Gasteiger partial charge in [0.2, 0.25) is 5.95 Å². The summed E-state index contributed by atoms with van der Waals surface area (Å²) in [4.78, 5) is 11.0. The summed E-state index contributed by atoms with van der Waals surface area (Å²) in [6.07, 6.45) is 0. The molecular formula is C14H20N4. The minimum atomic E-state index is 0.286. The summed E-state index contributed by atoms with van der Waals surface area (Å²) in [7, 11) is 0. The van der Waals surface area contributed by atoms with Crippen LogP contribution in [0.25, 0.3) is 0 Å². The highest BCUT2D eigenvalue weighted by atomic mass is 15.3. The van der Waals surface area contributed by atoms with Crippen LogP contribution in [0.4, 0.5) is 5.95 Å². The van der Waals surface area contributed by atoms with Crippen molar-refractivity contribution in [3.8, 4) is 6.07 Å². The lowest BCUT2D eigenvalue weighted by Gasteiger charge is -2.56. The zero-order chi connectivity index (χ0) is 13.5. The third-order valence-corrected chi connectivity index (χ3v) is 3.56. The Hall–Kier alpha value is -1.63. The average Bonchev–Trinajstić information content (AvgIpc) is 2.24. The van der Waals surface area contributed by atoms with E-state index in [1.807, 2.05) is 6.92 Å². The first-order valence-electron chi connectivity index (χ1n) is 6.37. The van der Waals surface area contributed by atoms with Crippen molar-refractivity contribution in [1.29, 1.82) is 5.26 Å². The fraction of sp³-hybridized carbons (Fsp3) is 0.643. The van der Waals surface area contributed by atoms with Crippen LogP contribution in [0.5, 0.6) is 0 Å². The molecule has 2 heterocycles. The third-order valence-electron chi connectivity index (χ3n) is 3.56. The minimum absolute atomic E-state index is 0.286. The summed E-state index contributed by atoms with van der Waals surface area (Å²) in [6, 6.07) is 4.26. The lowest BCUT2D eigenvalue weighted by Crippen LogP contribution is -2.65. The average molecular weight is 244 g/mol. The predicted octanol–water partition coefficient (Wildman–Crippen LogP) is 2.53. The molecule has 0 N–H and O–H groups in total. The molecule has 18 heavy (non-hydrogen) atoms. The monoisotopic (exact) mass is 244 g/mol. The van der Waals surface area contributed by atoms with E-state index in [2.05, 4.69) is 48.6 Å². The van der Waals surface area contributed by atoms with Crippen molar-refractivity contribution in [2.45, 2.75) is 40.7 Å². The SMILES string of the molecule is Cc1cc(C#N)nc(N2CC(C)(C)[C@@H]2C(C)C)n1.